The second-order valence-corrected chi connectivity index (χ2v) is 13.3. The zero-order valence-corrected chi connectivity index (χ0v) is 27.0. The fraction of sp³-hybridized carbons (Fsp3) is 0.0204. The van der Waals surface area contributed by atoms with Crippen LogP contribution in [0.4, 0.5) is 0 Å². The lowest BCUT2D eigenvalue weighted by molar-refractivity contribution is 0.769. The van der Waals surface area contributed by atoms with Gasteiger partial charge in [-0.05, 0) is 112 Å². The molecule has 1 aliphatic rings. The molecule has 9 aromatic carbocycles. The summed E-state index contributed by atoms with van der Waals surface area (Å²) in [4.78, 5) is 0. The second kappa shape index (κ2) is 10.9. The molecular formula is C49H32. The van der Waals surface area contributed by atoms with Gasteiger partial charge in [0, 0.05) is 0 Å². The van der Waals surface area contributed by atoms with Crippen LogP contribution in [-0.2, 0) is 5.41 Å². The molecular weight excluding hydrogens is 589 g/mol. The highest BCUT2D eigenvalue weighted by Crippen LogP contribution is 2.58. The van der Waals surface area contributed by atoms with Crippen LogP contribution >= 0.6 is 0 Å². The topological polar surface area (TPSA) is 0 Å². The largest absolute Gasteiger partial charge is 0.0714 e. The normalized spacial score (nSPS) is 13.1. The van der Waals surface area contributed by atoms with E-state index in [0.717, 1.165) is 0 Å². The Hall–Kier alpha value is -6.24. The van der Waals surface area contributed by atoms with Gasteiger partial charge in [0.2, 0.25) is 0 Å². The minimum Gasteiger partial charge on any atom is -0.0622 e. The predicted molar refractivity (Wildman–Crippen MR) is 207 cm³/mol. The Morgan fingerprint density at radius 1 is 0.286 bits per heavy atom. The Kier molecular flexibility index (Phi) is 6.19. The van der Waals surface area contributed by atoms with Gasteiger partial charge in [-0.3, -0.25) is 0 Å². The molecule has 0 saturated carbocycles. The maximum absolute atomic E-state index is 2.50. The molecule has 1 aliphatic carbocycles. The number of fused-ring (bicyclic) bond motifs is 7. The molecule has 0 radical (unpaired) electrons. The van der Waals surface area contributed by atoms with Crippen molar-refractivity contribution < 1.29 is 0 Å². The van der Waals surface area contributed by atoms with Gasteiger partial charge in [-0.15, -0.1) is 0 Å². The third kappa shape index (κ3) is 4.17. The van der Waals surface area contributed by atoms with Crippen LogP contribution in [-0.4, -0.2) is 0 Å². The van der Waals surface area contributed by atoms with E-state index >= 15 is 0 Å². The summed E-state index contributed by atoms with van der Waals surface area (Å²) in [6, 6.07) is 71.9. The van der Waals surface area contributed by atoms with Crippen LogP contribution in [0.15, 0.2) is 194 Å². The Balaban J connectivity index is 1.21. The lowest BCUT2D eigenvalue weighted by atomic mass is 9.67. The molecule has 0 spiro atoms. The molecule has 228 valence electrons. The van der Waals surface area contributed by atoms with Gasteiger partial charge in [0.15, 0.2) is 0 Å². The number of benzene rings is 9. The summed E-state index contributed by atoms with van der Waals surface area (Å²) >= 11 is 0. The van der Waals surface area contributed by atoms with Crippen molar-refractivity contribution in [3.05, 3.63) is 216 Å². The van der Waals surface area contributed by atoms with Gasteiger partial charge in [0.05, 0.1) is 5.41 Å². The summed E-state index contributed by atoms with van der Waals surface area (Å²) in [5.41, 5.74) is 12.4. The van der Waals surface area contributed by atoms with Gasteiger partial charge < -0.3 is 0 Å². The molecule has 49 heavy (non-hydrogen) atoms. The van der Waals surface area contributed by atoms with Gasteiger partial charge >= 0.3 is 0 Å². The van der Waals surface area contributed by atoms with Crippen molar-refractivity contribution in [2.75, 3.05) is 0 Å². The van der Waals surface area contributed by atoms with Crippen molar-refractivity contribution in [3.8, 4) is 33.4 Å². The van der Waals surface area contributed by atoms with Gasteiger partial charge in [-0.1, -0.05) is 170 Å². The van der Waals surface area contributed by atoms with Gasteiger partial charge in [-0.2, -0.15) is 0 Å². The fourth-order valence-electron chi connectivity index (χ4n) is 8.50. The van der Waals surface area contributed by atoms with Crippen molar-refractivity contribution >= 4 is 32.3 Å². The average molecular weight is 621 g/mol. The van der Waals surface area contributed by atoms with Crippen molar-refractivity contribution in [1.29, 1.82) is 0 Å². The maximum Gasteiger partial charge on any atom is 0.0714 e. The molecule has 9 aromatic rings. The highest BCUT2D eigenvalue weighted by atomic mass is 14.5. The first kappa shape index (κ1) is 27.8. The first-order valence-electron chi connectivity index (χ1n) is 17.1. The summed E-state index contributed by atoms with van der Waals surface area (Å²) in [7, 11) is 0. The smallest absolute Gasteiger partial charge is 0.0622 e. The predicted octanol–water partition coefficient (Wildman–Crippen LogP) is 12.8. The quantitative estimate of drug-likeness (QED) is 0.184. The second-order valence-electron chi connectivity index (χ2n) is 13.3. The summed E-state index contributed by atoms with van der Waals surface area (Å²) < 4.78 is 0. The van der Waals surface area contributed by atoms with Crippen molar-refractivity contribution in [3.63, 3.8) is 0 Å². The summed E-state index contributed by atoms with van der Waals surface area (Å²) in [5.74, 6) is 0. The standard InChI is InChI=1S/C49H32/c1-3-15-40(16-4-1)49(41-17-5-2-6-18-41)46-22-12-11-21-44(46)48-43-20-10-9-19-42(43)45(32-47(48)49)39-28-27-37-30-36(25-26-38(37)31-39)35-24-23-33-13-7-8-14-34(33)29-35/h1-32H. The van der Waals surface area contributed by atoms with Crippen LogP contribution < -0.4 is 0 Å². The van der Waals surface area contributed by atoms with E-state index in [-0.39, 0.29) is 0 Å². The molecule has 0 bridgehead atoms. The van der Waals surface area contributed by atoms with Crippen molar-refractivity contribution in [2.24, 2.45) is 0 Å². The number of hydrogen-bond acceptors (Lipinski definition) is 0. The van der Waals surface area contributed by atoms with Gasteiger partial charge in [0.1, 0.15) is 0 Å². The molecule has 0 N–H and O–H groups in total. The highest BCUT2D eigenvalue weighted by Gasteiger charge is 2.46. The van der Waals surface area contributed by atoms with E-state index in [4.69, 9.17) is 0 Å². The lowest BCUT2D eigenvalue weighted by Gasteiger charge is -2.34. The fourth-order valence-corrected chi connectivity index (χ4v) is 8.50. The average Bonchev–Trinajstić information content (AvgIpc) is 3.49. The van der Waals surface area contributed by atoms with Crippen molar-refractivity contribution in [1.82, 2.24) is 0 Å². The van der Waals surface area contributed by atoms with Crippen LogP contribution in [0.3, 0.4) is 0 Å². The molecule has 0 saturated heterocycles. The molecule has 0 fully saturated rings. The first-order valence-corrected chi connectivity index (χ1v) is 17.1. The summed E-state index contributed by atoms with van der Waals surface area (Å²) in [5, 5.41) is 7.60. The van der Waals surface area contributed by atoms with E-state index < -0.39 is 5.41 Å². The first-order chi connectivity index (χ1) is 24.3. The minimum atomic E-state index is -0.446. The molecule has 0 nitrogen and oxygen atoms in total. The van der Waals surface area contributed by atoms with E-state index in [9.17, 15) is 0 Å². The Morgan fingerprint density at radius 3 is 1.47 bits per heavy atom. The Morgan fingerprint density at radius 2 is 0.776 bits per heavy atom. The SMILES string of the molecule is c1ccc(C2(c3ccccc3)c3ccccc3-c3c2cc(-c2ccc4cc(-c5ccc6ccccc6c5)ccc4c2)c2ccccc32)cc1. The van der Waals surface area contributed by atoms with E-state index in [1.165, 1.54) is 88.0 Å². The zero-order valence-electron chi connectivity index (χ0n) is 27.0. The highest BCUT2D eigenvalue weighted by molar-refractivity contribution is 6.10. The lowest BCUT2D eigenvalue weighted by Crippen LogP contribution is -2.28. The van der Waals surface area contributed by atoms with Gasteiger partial charge in [-0.25, -0.2) is 0 Å². The molecule has 0 aromatic heterocycles. The van der Waals surface area contributed by atoms with E-state index in [2.05, 4.69) is 194 Å². The molecule has 0 heteroatoms. The molecule has 0 aliphatic heterocycles. The summed E-state index contributed by atoms with van der Waals surface area (Å²) in [6.45, 7) is 0. The van der Waals surface area contributed by atoms with Crippen molar-refractivity contribution in [2.45, 2.75) is 5.41 Å². The third-order valence-electron chi connectivity index (χ3n) is 10.7. The third-order valence-corrected chi connectivity index (χ3v) is 10.7. The molecule has 0 unspecified atom stereocenters. The molecule has 10 rings (SSSR count). The zero-order chi connectivity index (χ0) is 32.4. The van der Waals surface area contributed by atoms with Crippen LogP contribution in [0.2, 0.25) is 0 Å². The molecule has 0 heterocycles. The monoisotopic (exact) mass is 620 g/mol. The Bertz CT molecular complexity index is 2660. The molecule has 0 amide bonds. The maximum atomic E-state index is 2.50. The van der Waals surface area contributed by atoms with Gasteiger partial charge in [0.25, 0.3) is 0 Å². The van der Waals surface area contributed by atoms with Crippen LogP contribution in [0, 0.1) is 0 Å². The minimum absolute atomic E-state index is 0.446. The number of hydrogen-bond donors (Lipinski definition) is 0. The van der Waals surface area contributed by atoms with E-state index in [1.807, 2.05) is 0 Å². The summed E-state index contributed by atoms with van der Waals surface area (Å²) in [6.07, 6.45) is 0. The van der Waals surface area contributed by atoms with E-state index in [1.54, 1.807) is 0 Å². The molecule has 0 atom stereocenters. The van der Waals surface area contributed by atoms with Crippen LogP contribution in [0.1, 0.15) is 22.3 Å². The van der Waals surface area contributed by atoms with E-state index in [0.29, 0.717) is 0 Å². The Labute approximate surface area is 286 Å². The van der Waals surface area contributed by atoms with Crippen LogP contribution in [0.25, 0.3) is 65.7 Å². The number of rotatable bonds is 4. The van der Waals surface area contributed by atoms with Crippen LogP contribution in [0.5, 0.6) is 0 Å².